The minimum absolute atomic E-state index is 0.529. The zero-order valence-corrected chi connectivity index (χ0v) is 9.98. The first-order chi connectivity index (χ1) is 7.81. The highest BCUT2D eigenvalue weighted by molar-refractivity contribution is 6.85. The first kappa shape index (κ1) is 11.0. The summed E-state index contributed by atoms with van der Waals surface area (Å²) in [5.74, 6) is 0. The molecule has 0 radical (unpaired) electrons. The Morgan fingerprint density at radius 3 is 2.19 bits per heavy atom. The minimum Gasteiger partial charge on any atom is -0.0742 e. The van der Waals surface area contributed by atoms with E-state index >= 15 is 0 Å². The molecule has 0 heterocycles. The third kappa shape index (κ3) is 2.36. The van der Waals surface area contributed by atoms with Crippen LogP contribution in [0, 0.1) is 6.92 Å². The number of aryl methyl sites for hydroxylation is 1. The van der Waals surface area contributed by atoms with Gasteiger partial charge in [0.15, 0.2) is 0 Å². The highest BCUT2D eigenvalue weighted by Gasteiger charge is 2.15. The van der Waals surface area contributed by atoms with Gasteiger partial charge in [-0.2, -0.15) is 0 Å². The van der Waals surface area contributed by atoms with Gasteiger partial charge in [0.05, 0.1) is 0 Å². The average Bonchev–Trinajstić information content (AvgIpc) is 2.31. The molecule has 2 rings (SSSR count). The van der Waals surface area contributed by atoms with E-state index in [-0.39, 0.29) is 0 Å². The van der Waals surface area contributed by atoms with E-state index in [1.807, 2.05) is 0 Å². The van der Waals surface area contributed by atoms with Gasteiger partial charge in [0.25, 0.3) is 0 Å². The fraction of sp³-hybridized carbons (Fsp3) is 0.200. The Balaban J connectivity index is 2.37. The van der Waals surface area contributed by atoms with E-state index in [1.54, 1.807) is 0 Å². The lowest BCUT2D eigenvalue weighted by Crippen LogP contribution is -2.41. The standard InChI is InChI=1S/C15H17B/c1-3-16(14-9-5-4-6-10-14)15-11-7-8-13(2)12-15/h4-12H,3H2,1-2H3. The fourth-order valence-corrected chi connectivity index (χ4v) is 2.24. The highest BCUT2D eigenvalue weighted by Crippen LogP contribution is 2.00. The topological polar surface area (TPSA) is 0 Å². The molecule has 0 amide bonds. The zero-order chi connectivity index (χ0) is 11.4. The van der Waals surface area contributed by atoms with Crippen molar-refractivity contribution in [3.63, 3.8) is 0 Å². The van der Waals surface area contributed by atoms with Crippen LogP contribution in [0.15, 0.2) is 54.6 Å². The van der Waals surface area contributed by atoms with Crippen LogP contribution in [0.2, 0.25) is 6.32 Å². The van der Waals surface area contributed by atoms with E-state index in [9.17, 15) is 0 Å². The predicted molar refractivity (Wildman–Crippen MR) is 73.1 cm³/mol. The van der Waals surface area contributed by atoms with Crippen LogP contribution in [0.25, 0.3) is 0 Å². The summed E-state index contributed by atoms with van der Waals surface area (Å²) in [6.07, 6.45) is 1.15. The molecule has 2 aromatic carbocycles. The number of hydrogen-bond acceptors (Lipinski definition) is 0. The Morgan fingerprint density at radius 2 is 1.56 bits per heavy atom. The minimum atomic E-state index is 0.529. The van der Waals surface area contributed by atoms with Gasteiger partial charge in [-0.25, -0.2) is 0 Å². The molecule has 1 heteroatoms. The Labute approximate surface area is 98.4 Å². The molecule has 0 aliphatic rings. The summed E-state index contributed by atoms with van der Waals surface area (Å²) in [6.45, 7) is 4.93. The van der Waals surface area contributed by atoms with Gasteiger partial charge in [-0.05, 0) is 6.92 Å². The Kier molecular flexibility index (Phi) is 3.45. The van der Waals surface area contributed by atoms with E-state index in [0.29, 0.717) is 6.71 Å². The molecule has 0 nitrogen and oxygen atoms in total. The molecule has 0 bridgehead atoms. The van der Waals surface area contributed by atoms with Gasteiger partial charge in [0.2, 0.25) is 6.71 Å². The molecule has 80 valence electrons. The van der Waals surface area contributed by atoms with Gasteiger partial charge in [-0.15, -0.1) is 0 Å². The SMILES string of the molecule is CCB(c1ccccc1)c1cccc(C)c1. The normalized spacial score (nSPS) is 10.1. The van der Waals surface area contributed by atoms with Crippen LogP contribution >= 0.6 is 0 Å². The summed E-state index contributed by atoms with van der Waals surface area (Å²) in [7, 11) is 0. The van der Waals surface area contributed by atoms with Gasteiger partial charge in [0, 0.05) is 0 Å². The fourth-order valence-electron chi connectivity index (χ4n) is 2.24. The number of rotatable bonds is 3. The maximum absolute atomic E-state index is 2.29. The van der Waals surface area contributed by atoms with Gasteiger partial charge in [-0.1, -0.05) is 84.3 Å². The van der Waals surface area contributed by atoms with Crippen molar-refractivity contribution < 1.29 is 0 Å². The van der Waals surface area contributed by atoms with Gasteiger partial charge in [-0.3, -0.25) is 0 Å². The Bertz CT molecular complexity index is 448. The lowest BCUT2D eigenvalue weighted by atomic mass is 9.39. The molecule has 0 saturated heterocycles. The lowest BCUT2D eigenvalue weighted by Gasteiger charge is -2.12. The quantitative estimate of drug-likeness (QED) is 0.680. The van der Waals surface area contributed by atoms with Crippen LogP contribution in [0.4, 0.5) is 0 Å². The lowest BCUT2D eigenvalue weighted by molar-refractivity contribution is 1.42. The first-order valence-electron chi connectivity index (χ1n) is 5.92. The second kappa shape index (κ2) is 5.02. The van der Waals surface area contributed by atoms with Crippen molar-refractivity contribution in [2.75, 3.05) is 0 Å². The summed E-state index contributed by atoms with van der Waals surface area (Å²) in [5.41, 5.74) is 4.18. The van der Waals surface area contributed by atoms with Crippen LogP contribution in [0.3, 0.4) is 0 Å². The second-order valence-electron chi connectivity index (χ2n) is 4.29. The van der Waals surface area contributed by atoms with E-state index in [0.717, 1.165) is 6.32 Å². The Hall–Kier alpha value is -1.50. The molecule has 2 aromatic rings. The average molecular weight is 208 g/mol. The van der Waals surface area contributed by atoms with Crippen LogP contribution in [-0.4, -0.2) is 6.71 Å². The third-order valence-corrected chi connectivity index (χ3v) is 3.05. The van der Waals surface area contributed by atoms with Crippen molar-refractivity contribution in [2.45, 2.75) is 20.2 Å². The molecule has 16 heavy (non-hydrogen) atoms. The molecule has 0 unspecified atom stereocenters. The molecular weight excluding hydrogens is 191 g/mol. The molecule has 0 aliphatic carbocycles. The Morgan fingerprint density at radius 1 is 0.875 bits per heavy atom. The highest BCUT2D eigenvalue weighted by atomic mass is 13.9. The summed E-state index contributed by atoms with van der Waals surface area (Å²) in [5, 5.41) is 0. The van der Waals surface area contributed by atoms with Crippen LogP contribution in [0.5, 0.6) is 0 Å². The monoisotopic (exact) mass is 208 g/mol. The number of benzene rings is 2. The second-order valence-corrected chi connectivity index (χ2v) is 4.29. The molecule has 0 spiro atoms. The summed E-state index contributed by atoms with van der Waals surface area (Å²) in [4.78, 5) is 0. The van der Waals surface area contributed by atoms with Crippen molar-refractivity contribution in [3.05, 3.63) is 60.2 Å². The largest absolute Gasteiger partial charge is 0.209 e. The molecule has 0 fully saturated rings. The smallest absolute Gasteiger partial charge is 0.0742 e. The molecule has 0 N–H and O–H groups in total. The third-order valence-electron chi connectivity index (χ3n) is 3.05. The van der Waals surface area contributed by atoms with Gasteiger partial charge in [0.1, 0.15) is 0 Å². The van der Waals surface area contributed by atoms with Crippen LogP contribution in [0.1, 0.15) is 12.5 Å². The first-order valence-corrected chi connectivity index (χ1v) is 5.92. The van der Waals surface area contributed by atoms with Gasteiger partial charge < -0.3 is 0 Å². The zero-order valence-electron chi connectivity index (χ0n) is 9.98. The molecule has 0 aliphatic heterocycles. The molecular formula is C15H17B. The van der Waals surface area contributed by atoms with Crippen molar-refractivity contribution in [2.24, 2.45) is 0 Å². The molecule has 0 saturated carbocycles. The van der Waals surface area contributed by atoms with E-state index in [2.05, 4.69) is 68.4 Å². The van der Waals surface area contributed by atoms with Crippen LogP contribution < -0.4 is 10.9 Å². The summed E-state index contributed by atoms with van der Waals surface area (Å²) < 4.78 is 0. The molecule has 0 atom stereocenters. The number of hydrogen-bond donors (Lipinski definition) is 0. The van der Waals surface area contributed by atoms with Crippen molar-refractivity contribution in [3.8, 4) is 0 Å². The molecule has 0 aromatic heterocycles. The maximum atomic E-state index is 2.29. The van der Waals surface area contributed by atoms with Gasteiger partial charge >= 0.3 is 0 Å². The summed E-state index contributed by atoms with van der Waals surface area (Å²) >= 11 is 0. The van der Waals surface area contributed by atoms with Crippen molar-refractivity contribution in [1.29, 1.82) is 0 Å². The van der Waals surface area contributed by atoms with Crippen molar-refractivity contribution >= 4 is 17.6 Å². The van der Waals surface area contributed by atoms with E-state index in [1.165, 1.54) is 16.5 Å². The summed E-state index contributed by atoms with van der Waals surface area (Å²) in [6, 6.07) is 19.6. The van der Waals surface area contributed by atoms with E-state index < -0.39 is 0 Å². The van der Waals surface area contributed by atoms with E-state index in [4.69, 9.17) is 0 Å². The van der Waals surface area contributed by atoms with Crippen molar-refractivity contribution in [1.82, 2.24) is 0 Å². The maximum Gasteiger partial charge on any atom is 0.209 e. The predicted octanol–water partition coefficient (Wildman–Crippen LogP) is 2.62. The van der Waals surface area contributed by atoms with Crippen LogP contribution in [-0.2, 0) is 0 Å².